The molecule has 0 atom stereocenters. The molecule has 0 aromatic heterocycles. The minimum absolute atomic E-state index is 0.217. The lowest BCUT2D eigenvalue weighted by Crippen LogP contribution is -1.98. The normalized spacial score (nSPS) is 10.8. The molecule has 0 fully saturated rings. The van der Waals surface area contributed by atoms with E-state index in [0.717, 1.165) is 22.3 Å². The fourth-order valence-corrected chi connectivity index (χ4v) is 2.10. The number of aromatic hydroxyl groups is 1. The van der Waals surface area contributed by atoms with Crippen molar-refractivity contribution in [2.75, 3.05) is 6.61 Å². The van der Waals surface area contributed by atoms with E-state index in [-0.39, 0.29) is 11.7 Å². The summed E-state index contributed by atoms with van der Waals surface area (Å²) in [7, 11) is 0. The van der Waals surface area contributed by atoms with E-state index in [9.17, 15) is 9.90 Å². The van der Waals surface area contributed by atoms with E-state index in [1.165, 1.54) is 6.08 Å². The number of carbonyl (C=O) groups excluding carboxylic acids is 1. The second kappa shape index (κ2) is 6.75. The summed E-state index contributed by atoms with van der Waals surface area (Å²) >= 11 is 0. The molecular weight excluding hydrogens is 264 g/mol. The van der Waals surface area contributed by atoms with Crippen LogP contribution in [0.4, 0.5) is 0 Å². The van der Waals surface area contributed by atoms with Crippen molar-refractivity contribution in [3.05, 3.63) is 59.7 Å². The topological polar surface area (TPSA) is 46.5 Å². The van der Waals surface area contributed by atoms with Gasteiger partial charge in [0.05, 0.1) is 6.61 Å². The van der Waals surface area contributed by atoms with Crippen molar-refractivity contribution in [1.82, 2.24) is 0 Å². The zero-order valence-electron chi connectivity index (χ0n) is 12.2. The molecule has 108 valence electrons. The van der Waals surface area contributed by atoms with Crippen LogP contribution >= 0.6 is 0 Å². The van der Waals surface area contributed by atoms with E-state index < -0.39 is 0 Å². The fourth-order valence-electron chi connectivity index (χ4n) is 2.10. The maximum absolute atomic E-state index is 11.4. The molecule has 0 saturated heterocycles. The molecule has 0 bridgehead atoms. The third-order valence-corrected chi connectivity index (χ3v) is 3.09. The molecule has 0 spiro atoms. The number of hydrogen-bond donors (Lipinski definition) is 1. The smallest absolute Gasteiger partial charge is 0.330 e. The minimum atomic E-state index is -0.374. The van der Waals surface area contributed by atoms with Gasteiger partial charge >= 0.3 is 5.97 Å². The first kappa shape index (κ1) is 14.9. The number of phenolic OH excluding ortho intramolecular Hbond substituents is 1. The van der Waals surface area contributed by atoms with Crippen molar-refractivity contribution in [2.45, 2.75) is 13.8 Å². The fraction of sp³-hybridized carbons (Fsp3) is 0.167. The molecule has 2 aromatic carbocycles. The summed E-state index contributed by atoms with van der Waals surface area (Å²) in [5.41, 5.74) is 3.56. The van der Waals surface area contributed by atoms with Crippen molar-refractivity contribution >= 4 is 12.0 Å². The summed E-state index contributed by atoms with van der Waals surface area (Å²) in [5.74, 6) is -0.157. The number of carbonyl (C=O) groups is 1. The molecule has 0 unspecified atom stereocenters. The number of ether oxygens (including phenoxy) is 1. The van der Waals surface area contributed by atoms with Crippen LogP contribution < -0.4 is 0 Å². The Bertz CT molecular complexity index is 672. The van der Waals surface area contributed by atoms with Gasteiger partial charge in [-0.15, -0.1) is 0 Å². The first-order valence-corrected chi connectivity index (χ1v) is 6.85. The van der Waals surface area contributed by atoms with Gasteiger partial charge in [-0.05, 0) is 37.1 Å². The van der Waals surface area contributed by atoms with Gasteiger partial charge in [0.25, 0.3) is 0 Å². The summed E-state index contributed by atoms with van der Waals surface area (Å²) in [5, 5.41) is 10.0. The standard InChI is InChI=1S/C18H18O3/c1-3-21-18(20)11-10-14-9-8-13(2)12-16(14)15-6-4-5-7-17(15)19/h4-12,19H,3H2,1-2H3/b11-10+. The SMILES string of the molecule is CCOC(=O)/C=C/c1ccc(C)cc1-c1ccccc1O. The van der Waals surface area contributed by atoms with Crippen molar-refractivity contribution in [2.24, 2.45) is 0 Å². The number of rotatable bonds is 4. The molecule has 2 aromatic rings. The van der Waals surface area contributed by atoms with E-state index in [4.69, 9.17) is 4.74 Å². The van der Waals surface area contributed by atoms with Crippen LogP contribution in [0, 0.1) is 6.92 Å². The van der Waals surface area contributed by atoms with Crippen LogP contribution in [0.1, 0.15) is 18.1 Å². The number of phenols is 1. The van der Waals surface area contributed by atoms with Crippen LogP contribution in [0.2, 0.25) is 0 Å². The Morgan fingerprint density at radius 3 is 2.67 bits per heavy atom. The Hall–Kier alpha value is -2.55. The van der Waals surface area contributed by atoms with Crippen LogP contribution in [0.15, 0.2) is 48.5 Å². The second-order valence-corrected chi connectivity index (χ2v) is 4.69. The van der Waals surface area contributed by atoms with Crippen molar-refractivity contribution in [3.63, 3.8) is 0 Å². The van der Waals surface area contributed by atoms with Crippen LogP contribution in [-0.2, 0) is 9.53 Å². The van der Waals surface area contributed by atoms with Crippen molar-refractivity contribution < 1.29 is 14.6 Å². The summed E-state index contributed by atoms with van der Waals surface area (Å²) < 4.78 is 4.88. The average molecular weight is 282 g/mol. The molecule has 3 heteroatoms. The third kappa shape index (κ3) is 3.72. The highest BCUT2D eigenvalue weighted by Crippen LogP contribution is 2.32. The summed E-state index contributed by atoms with van der Waals surface area (Å²) in [6, 6.07) is 13.0. The first-order chi connectivity index (χ1) is 10.1. The number of esters is 1. The maximum atomic E-state index is 11.4. The molecule has 0 aliphatic rings. The van der Waals surface area contributed by atoms with Gasteiger partial charge in [-0.3, -0.25) is 0 Å². The predicted molar refractivity (Wildman–Crippen MR) is 83.9 cm³/mol. The van der Waals surface area contributed by atoms with E-state index in [1.54, 1.807) is 25.1 Å². The molecule has 0 aliphatic carbocycles. The molecule has 0 aliphatic heterocycles. The van der Waals surface area contributed by atoms with Gasteiger partial charge in [0.2, 0.25) is 0 Å². The van der Waals surface area contributed by atoms with Crippen LogP contribution in [0.5, 0.6) is 5.75 Å². The van der Waals surface area contributed by atoms with E-state index in [0.29, 0.717) is 6.61 Å². The Balaban J connectivity index is 2.44. The maximum Gasteiger partial charge on any atom is 0.330 e. The van der Waals surface area contributed by atoms with Gasteiger partial charge in [-0.2, -0.15) is 0 Å². The van der Waals surface area contributed by atoms with Crippen LogP contribution in [0.3, 0.4) is 0 Å². The number of hydrogen-bond acceptors (Lipinski definition) is 3. The third-order valence-electron chi connectivity index (χ3n) is 3.09. The molecule has 3 nitrogen and oxygen atoms in total. The lowest BCUT2D eigenvalue weighted by Gasteiger charge is -2.09. The van der Waals surface area contributed by atoms with Gasteiger partial charge in [-0.25, -0.2) is 4.79 Å². The number of benzene rings is 2. The van der Waals surface area contributed by atoms with Crippen LogP contribution in [0.25, 0.3) is 17.2 Å². The predicted octanol–water partition coefficient (Wildman–Crippen LogP) is 3.94. The Morgan fingerprint density at radius 1 is 1.19 bits per heavy atom. The largest absolute Gasteiger partial charge is 0.507 e. The number of aryl methyl sites for hydroxylation is 1. The summed E-state index contributed by atoms with van der Waals surface area (Å²) in [4.78, 5) is 11.4. The molecule has 2 rings (SSSR count). The molecule has 0 radical (unpaired) electrons. The van der Waals surface area contributed by atoms with Crippen molar-refractivity contribution in [3.8, 4) is 16.9 Å². The average Bonchev–Trinajstić information content (AvgIpc) is 2.47. The van der Waals surface area contributed by atoms with Gasteiger partial charge < -0.3 is 9.84 Å². The summed E-state index contributed by atoms with van der Waals surface area (Å²) in [6.45, 7) is 4.11. The van der Waals surface area contributed by atoms with Crippen molar-refractivity contribution in [1.29, 1.82) is 0 Å². The Labute approximate surface area is 124 Å². The molecule has 1 N–H and O–H groups in total. The van der Waals surface area contributed by atoms with E-state index >= 15 is 0 Å². The van der Waals surface area contributed by atoms with E-state index in [1.807, 2.05) is 37.3 Å². The molecule has 21 heavy (non-hydrogen) atoms. The molecular formula is C18H18O3. The van der Waals surface area contributed by atoms with Gasteiger partial charge in [0.15, 0.2) is 0 Å². The van der Waals surface area contributed by atoms with Gasteiger partial charge in [0.1, 0.15) is 5.75 Å². The highest BCUT2D eigenvalue weighted by molar-refractivity contribution is 5.89. The summed E-state index contributed by atoms with van der Waals surface area (Å²) in [6.07, 6.45) is 3.11. The van der Waals surface area contributed by atoms with Gasteiger partial charge in [-0.1, -0.05) is 42.0 Å². The minimum Gasteiger partial charge on any atom is -0.507 e. The zero-order valence-corrected chi connectivity index (χ0v) is 12.2. The molecule has 0 heterocycles. The Kier molecular flexibility index (Phi) is 4.77. The first-order valence-electron chi connectivity index (χ1n) is 6.85. The molecule has 0 amide bonds. The monoisotopic (exact) mass is 282 g/mol. The zero-order chi connectivity index (χ0) is 15.2. The quantitative estimate of drug-likeness (QED) is 0.682. The highest BCUT2D eigenvalue weighted by Gasteiger charge is 2.08. The highest BCUT2D eigenvalue weighted by atomic mass is 16.5. The Morgan fingerprint density at radius 2 is 1.95 bits per heavy atom. The molecule has 0 saturated carbocycles. The lowest BCUT2D eigenvalue weighted by atomic mass is 9.96. The van der Waals surface area contributed by atoms with Crippen LogP contribution in [-0.4, -0.2) is 17.7 Å². The van der Waals surface area contributed by atoms with Gasteiger partial charge in [0, 0.05) is 11.6 Å². The number of para-hydroxylation sites is 1. The lowest BCUT2D eigenvalue weighted by molar-refractivity contribution is -0.137. The van der Waals surface area contributed by atoms with E-state index in [2.05, 4.69) is 0 Å². The second-order valence-electron chi connectivity index (χ2n) is 4.69.